The highest BCUT2D eigenvalue weighted by Crippen LogP contribution is 2.25. The average molecular weight is 323 g/mol. The summed E-state index contributed by atoms with van der Waals surface area (Å²) in [7, 11) is 0. The Morgan fingerprint density at radius 2 is 1.95 bits per heavy atom. The number of benzene rings is 2. The van der Waals surface area contributed by atoms with E-state index in [0.717, 1.165) is 28.0 Å². The van der Waals surface area contributed by atoms with Crippen molar-refractivity contribution in [2.45, 2.75) is 13.5 Å². The minimum atomic E-state index is -0.235. The van der Waals surface area contributed by atoms with E-state index in [1.165, 1.54) is 6.07 Å². The van der Waals surface area contributed by atoms with E-state index < -0.39 is 0 Å². The standard InChI is InChI=1S/C15H16BrFN2/c1-2-19(15-6-4-3-5-14(15)18)10-11-7-12(16)9-13(17)8-11/h3-9H,2,10,18H2,1H3. The van der Waals surface area contributed by atoms with Crippen LogP contribution in [0.15, 0.2) is 46.9 Å². The third-order valence-corrected chi connectivity index (χ3v) is 3.41. The molecule has 0 spiro atoms. The SMILES string of the molecule is CCN(Cc1cc(F)cc(Br)c1)c1ccccc1N. The number of anilines is 2. The molecule has 0 aliphatic carbocycles. The summed E-state index contributed by atoms with van der Waals surface area (Å²) in [4.78, 5) is 2.12. The largest absolute Gasteiger partial charge is 0.397 e. The van der Waals surface area contributed by atoms with Gasteiger partial charge < -0.3 is 10.6 Å². The van der Waals surface area contributed by atoms with Gasteiger partial charge in [0.2, 0.25) is 0 Å². The second-order valence-corrected chi connectivity index (χ2v) is 5.27. The zero-order valence-corrected chi connectivity index (χ0v) is 12.3. The molecule has 4 heteroatoms. The lowest BCUT2D eigenvalue weighted by atomic mass is 10.1. The summed E-state index contributed by atoms with van der Waals surface area (Å²) in [6.07, 6.45) is 0. The minimum Gasteiger partial charge on any atom is -0.397 e. The van der Waals surface area contributed by atoms with Gasteiger partial charge in [0.1, 0.15) is 5.82 Å². The van der Waals surface area contributed by atoms with Crippen LogP contribution in [0.4, 0.5) is 15.8 Å². The average Bonchev–Trinajstić information content (AvgIpc) is 2.36. The Hall–Kier alpha value is -1.55. The summed E-state index contributed by atoms with van der Waals surface area (Å²) >= 11 is 3.31. The lowest BCUT2D eigenvalue weighted by Crippen LogP contribution is -2.23. The highest BCUT2D eigenvalue weighted by Gasteiger charge is 2.09. The highest BCUT2D eigenvalue weighted by molar-refractivity contribution is 9.10. The zero-order chi connectivity index (χ0) is 13.8. The third-order valence-electron chi connectivity index (χ3n) is 2.95. The van der Waals surface area contributed by atoms with Crippen LogP contribution in [0.1, 0.15) is 12.5 Å². The van der Waals surface area contributed by atoms with Gasteiger partial charge >= 0.3 is 0 Å². The molecular formula is C15H16BrFN2. The van der Waals surface area contributed by atoms with E-state index in [9.17, 15) is 4.39 Å². The molecule has 0 saturated heterocycles. The second-order valence-electron chi connectivity index (χ2n) is 4.35. The maximum absolute atomic E-state index is 13.4. The number of hydrogen-bond acceptors (Lipinski definition) is 2. The van der Waals surface area contributed by atoms with Gasteiger partial charge in [0.15, 0.2) is 0 Å². The van der Waals surface area contributed by atoms with Gasteiger partial charge in [-0.05, 0) is 42.8 Å². The van der Waals surface area contributed by atoms with Crippen molar-refractivity contribution in [3.63, 3.8) is 0 Å². The number of nitrogens with zero attached hydrogens (tertiary/aromatic N) is 1. The van der Waals surface area contributed by atoms with E-state index in [2.05, 4.69) is 27.8 Å². The van der Waals surface area contributed by atoms with Gasteiger partial charge in [-0.2, -0.15) is 0 Å². The van der Waals surface area contributed by atoms with E-state index >= 15 is 0 Å². The van der Waals surface area contributed by atoms with Crippen LogP contribution in [0.2, 0.25) is 0 Å². The first-order chi connectivity index (χ1) is 9.10. The first kappa shape index (κ1) is 13.9. The number of rotatable bonds is 4. The van der Waals surface area contributed by atoms with E-state index in [1.807, 2.05) is 30.3 Å². The second kappa shape index (κ2) is 6.06. The third kappa shape index (κ3) is 3.47. The van der Waals surface area contributed by atoms with Gasteiger partial charge in [-0.3, -0.25) is 0 Å². The number of para-hydroxylation sites is 2. The van der Waals surface area contributed by atoms with Crippen molar-refractivity contribution < 1.29 is 4.39 Å². The summed E-state index contributed by atoms with van der Waals surface area (Å²) in [5.41, 5.74) is 8.61. The molecule has 2 aromatic rings. The van der Waals surface area contributed by atoms with Crippen LogP contribution in [0.5, 0.6) is 0 Å². The summed E-state index contributed by atoms with van der Waals surface area (Å²) in [5, 5.41) is 0. The molecule has 0 atom stereocenters. The minimum absolute atomic E-state index is 0.235. The predicted molar refractivity (Wildman–Crippen MR) is 81.7 cm³/mol. The van der Waals surface area contributed by atoms with Crippen molar-refractivity contribution >= 4 is 27.3 Å². The topological polar surface area (TPSA) is 29.3 Å². The molecule has 19 heavy (non-hydrogen) atoms. The summed E-state index contributed by atoms with van der Waals surface area (Å²) in [6, 6.07) is 12.6. The molecule has 0 fully saturated rings. The van der Waals surface area contributed by atoms with Gasteiger partial charge in [-0.25, -0.2) is 4.39 Å². The molecule has 0 aromatic heterocycles. The fourth-order valence-corrected chi connectivity index (χ4v) is 2.58. The van der Waals surface area contributed by atoms with Crippen molar-refractivity contribution in [1.82, 2.24) is 0 Å². The van der Waals surface area contributed by atoms with Crippen molar-refractivity contribution in [2.24, 2.45) is 0 Å². The molecule has 0 aliphatic heterocycles. The molecule has 2 nitrogen and oxygen atoms in total. The molecule has 0 heterocycles. The maximum Gasteiger partial charge on any atom is 0.124 e. The van der Waals surface area contributed by atoms with Gasteiger partial charge in [0.25, 0.3) is 0 Å². The van der Waals surface area contributed by atoms with Crippen LogP contribution in [0.3, 0.4) is 0 Å². The molecule has 0 radical (unpaired) electrons. The first-order valence-corrected chi connectivity index (χ1v) is 6.94. The fraction of sp³-hybridized carbons (Fsp3) is 0.200. The van der Waals surface area contributed by atoms with E-state index in [0.29, 0.717) is 6.54 Å². The number of halogens is 2. The molecule has 100 valence electrons. The van der Waals surface area contributed by atoms with Crippen molar-refractivity contribution in [1.29, 1.82) is 0 Å². The van der Waals surface area contributed by atoms with Crippen molar-refractivity contribution in [3.05, 3.63) is 58.3 Å². The Morgan fingerprint density at radius 1 is 1.21 bits per heavy atom. The van der Waals surface area contributed by atoms with Crippen LogP contribution in [-0.2, 0) is 6.54 Å². The fourth-order valence-electron chi connectivity index (χ4n) is 2.07. The normalized spacial score (nSPS) is 10.5. The Balaban J connectivity index is 2.26. The van der Waals surface area contributed by atoms with E-state index in [4.69, 9.17) is 5.73 Å². The van der Waals surface area contributed by atoms with Crippen molar-refractivity contribution in [2.75, 3.05) is 17.2 Å². The number of nitrogens with two attached hydrogens (primary N) is 1. The molecule has 2 rings (SSSR count). The van der Waals surface area contributed by atoms with Crippen LogP contribution in [0.25, 0.3) is 0 Å². The molecule has 2 N–H and O–H groups in total. The van der Waals surface area contributed by atoms with Crippen LogP contribution in [0, 0.1) is 5.82 Å². The summed E-state index contributed by atoms with van der Waals surface area (Å²) in [5.74, 6) is -0.235. The Kier molecular flexibility index (Phi) is 4.43. The van der Waals surface area contributed by atoms with E-state index in [-0.39, 0.29) is 5.82 Å². The van der Waals surface area contributed by atoms with Crippen LogP contribution < -0.4 is 10.6 Å². The maximum atomic E-state index is 13.4. The van der Waals surface area contributed by atoms with Crippen molar-refractivity contribution in [3.8, 4) is 0 Å². The monoisotopic (exact) mass is 322 g/mol. The summed E-state index contributed by atoms with van der Waals surface area (Å²) < 4.78 is 14.1. The summed E-state index contributed by atoms with van der Waals surface area (Å²) in [6.45, 7) is 3.49. The van der Waals surface area contributed by atoms with Gasteiger partial charge in [0, 0.05) is 17.6 Å². The molecule has 0 amide bonds. The smallest absolute Gasteiger partial charge is 0.124 e. The molecular weight excluding hydrogens is 307 g/mol. The quantitative estimate of drug-likeness (QED) is 0.855. The molecule has 0 aliphatic rings. The Labute approximate surface area is 121 Å². The molecule has 2 aromatic carbocycles. The first-order valence-electron chi connectivity index (χ1n) is 6.14. The van der Waals surface area contributed by atoms with Gasteiger partial charge in [-0.1, -0.05) is 28.1 Å². The number of nitrogen functional groups attached to an aromatic ring is 1. The zero-order valence-electron chi connectivity index (χ0n) is 10.7. The lowest BCUT2D eigenvalue weighted by molar-refractivity contribution is 0.623. The highest BCUT2D eigenvalue weighted by atomic mass is 79.9. The van der Waals surface area contributed by atoms with Crippen LogP contribution >= 0.6 is 15.9 Å². The number of hydrogen-bond donors (Lipinski definition) is 1. The predicted octanol–water partition coefficient (Wildman–Crippen LogP) is 4.20. The van der Waals surface area contributed by atoms with E-state index in [1.54, 1.807) is 6.07 Å². The Morgan fingerprint density at radius 3 is 2.58 bits per heavy atom. The van der Waals surface area contributed by atoms with Crippen LogP contribution in [-0.4, -0.2) is 6.54 Å². The van der Waals surface area contributed by atoms with Gasteiger partial charge in [0.05, 0.1) is 11.4 Å². The van der Waals surface area contributed by atoms with Gasteiger partial charge in [-0.15, -0.1) is 0 Å². The molecule has 0 unspecified atom stereocenters. The molecule has 0 saturated carbocycles. The Bertz CT molecular complexity index is 552. The lowest BCUT2D eigenvalue weighted by Gasteiger charge is -2.24. The molecule has 0 bridgehead atoms.